The number of hydrogen-bond acceptors (Lipinski definition) is 6. The molecule has 1 aromatic heterocycles. The number of aryl methyl sites for hydroxylation is 2. The lowest BCUT2D eigenvalue weighted by Crippen LogP contribution is -2.54. The second-order valence-corrected chi connectivity index (χ2v) is 9.26. The Morgan fingerprint density at radius 2 is 1.88 bits per heavy atom. The minimum Gasteiger partial charge on any atom is -0.465 e. The van der Waals surface area contributed by atoms with E-state index in [0.29, 0.717) is 44.1 Å². The lowest BCUT2D eigenvalue weighted by atomic mass is 10.1. The minimum atomic E-state index is -3.46. The second kappa shape index (κ2) is 7.95. The van der Waals surface area contributed by atoms with Crippen LogP contribution in [0.4, 0.5) is 0 Å². The summed E-state index contributed by atoms with van der Waals surface area (Å²) >= 11 is 1.50. The number of thiophene rings is 1. The summed E-state index contributed by atoms with van der Waals surface area (Å²) in [6.45, 7) is 9.73. The zero-order valence-electron chi connectivity index (χ0n) is 14.7. The molecular weight excluding hydrogens is 348 g/mol. The molecule has 8 heteroatoms. The van der Waals surface area contributed by atoms with Crippen molar-refractivity contribution in [3.8, 4) is 0 Å². The number of hydrogen-bond donors (Lipinski definition) is 0. The molecule has 1 aromatic rings. The summed E-state index contributed by atoms with van der Waals surface area (Å²) in [6, 6.07) is 1.45. The Bertz CT molecular complexity index is 676. The lowest BCUT2D eigenvalue weighted by molar-refractivity contribution is -0.150. The average molecular weight is 375 g/mol. The Kier molecular flexibility index (Phi) is 6.41. The Labute approximate surface area is 148 Å². The van der Waals surface area contributed by atoms with Gasteiger partial charge >= 0.3 is 5.97 Å². The average Bonchev–Trinajstić information content (AvgIpc) is 2.88. The highest BCUT2D eigenvalue weighted by atomic mass is 32.2. The van der Waals surface area contributed by atoms with Gasteiger partial charge in [0.2, 0.25) is 10.0 Å². The van der Waals surface area contributed by atoms with Gasteiger partial charge in [-0.25, -0.2) is 8.42 Å². The van der Waals surface area contributed by atoms with Gasteiger partial charge in [0, 0.05) is 35.9 Å². The Morgan fingerprint density at radius 3 is 2.33 bits per heavy atom. The first-order valence-corrected chi connectivity index (χ1v) is 10.5. The molecule has 0 spiro atoms. The van der Waals surface area contributed by atoms with E-state index in [9.17, 15) is 13.2 Å². The van der Waals surface area contributed by atoms with Crippen LogP contribution in [0, 0.1) is 13.8 Å². The molecule has 0 aromatic carbocycles. The summed E-state index contributed by atoms with van der Waals surface area (Å²) in [5.41, 5.74) is 0. The van der Waals surface area contributed by atoms with Crippen LogP contribution in [0.5, 0.6) is 0 Å². The van der Waals surface area contributed by atoms with Gasteiger partial charge in [-0.15, -0.1) is 11.3 Å². The normalized spacial score (nSPS) is 18.5. The third kappa shape index (κ3) is 3.99. The van der Waals surface area contributed by atoms with E-state index in [0.717, 1.165) is 9.75 Å². The summed E-state index contributed by atoms with van der Waals surface area (Å²) < 4.78 is 32.3. The van der Waals surface area contributed by atoms with Crippen LogP contribution >= 0.6 is 11.3 Å². The molecule has 1 fully saturated rings. The van der Waals surface area contributed by atoms with E-state index < -0.39 is 10.0 Å². The summed E-state index contributed by atoms with van der Waals surface area (Å²) in [5, 5.41) is 0. The van der Waals surface area contributed by atoms with E-state index in [1.807, 2.05) is 25.7 Å². The van der Waals surface area contributed by atoms with Crippen molar-refractivity contribution in [2.45, 2.75) is 45.1 Å². The van der Waals surface area contributed by atoms with Gasteiger partial charge < -0.3 is 4.74 Å². The number of ether oxygens (including phenoxy) is 1. The number of nitrogens with zero attached hydrogens (tertiary/aromatic N) is 2. The van der Waals surface area contributed by atoms with Crippen molar-refractivity contribution in [3.63, 3.8) is 0 Å². The summed E-state index contributed by atoms with van der Waals surface area (Å²) in [7, 11) is -3.46. The standard InChI is InChI=1S/C16H26N2O4S2/c1-5-14(16(19)22-6-2)17-7-9-18(10-8-17)24(20,21)15-11-12(3)23-13(15)4/h11,14H,5-10H2,1-4H3. The third-order valence-corrected chi connectivity index (χ3v) is 7.39. The van der Waals surface area contributed by atoms with Crippen molar-refractivity contribution < 1.29 is 17.9 Å². The highest BCUT2D eigenvalue weighted by molar-refractivity contribution is 7.89. The molecule has 2 heterocycles. The van der Waals surface area contributed by atoms with E-state index in [-0.39, 0.29) is 12.0 Å². The van der Waals surface area contributed by atoms with Gasteiger partial charge in [0.1, 0.15) is 6.04 Å². The molecule has 1 aliphatic rings. The quantitative estimate of drug-likeness (QED) is 0.713. The predicted molar refractivity (Wildman–Crippen MR) is 94.8 cm³/mol. The molecule has 0 aliphatic carbocycles. The molecule has 0 bridgehead atoms. The van der Waals surface area contributed by atoms with Crippen LogP contribution in [0.3, 0.4) is 0 Å². The number of rotatable bonds is 6. The molecule has 1 aliphatic heterocycles. The largest absolute Gasteiger partial charge is 0.465 e. The third-order valence-electron chi connectivity index (χ3n) is 4.27. The summed E-state index contributed by atoms with van der Waals surface area (Å²) in [6.07, 6.45) is 0.661. The number of sulfonamides is 1. The summed E-state index contributed by atoms with van der Waals surface area (Å²) in [4.78, 5) is 16.3. The van der Waals surface area contributed by atoms with Crippen molar-refractivity contribution in [2.75, 3.05) is 32.8 Å². The van der Waals surface area contributed by atoms with E-state index >= 15 is 0 Å². The fraction of sp³-hybridized carbons (Fsp3) is 0.688. The number of piperazine rings is 1. The summed E-state index contributed by atoms with van der Waals surface area (Å²) in [5.74, 6) is -0.222. The first-order valence-electron chi connectivity index (χ1n) is 8.29. The van der Waals surface area contributed by atoms with E-state index in [2.05, 4.69) is 0 Å². The minimum absolute atomic E-state index is 0.222. The van der Waals surface area contributed by atoms with E-state index in [1.165, 1.54) is 15.6 Å². The van der Waals surface area contributed by atoms with Crippen molar-refractivity contribution in [1.29, 1.82) is 0 Å². The van der Waals surface area contributed by atoms with Gasteiger partial charge in [-0.05, 0) is 33.3 Å². The maximum Gasteiger partial charge on any atom is 0.323 e. The van der Waals surface area contributed by atoms with Crippen LogP contribution < -0.4 is 0 Å². The van der Waals surface area contributed by atoms with Crippen molar-refractivity contribution in [2.24, 2.45) is 0 Å². The van der Waals surface area contributed by atoms with E-state index in [4.69, 9.17) is 4.74 Å². The van der Waals surface area contributed by atoms with Crippen LogP contribution in [0.25, 0.3) is 0 Å². The fourth-order valence-electron chi connectivity index (χ4n) is 3.07. The maximum absolute atomic E-state index is 12.8. The SMILES string of the molecule is CCOC(=O)C(CC)N1CCN(S(=O)(=O)c2cc(C)sc2C)CC1. The van der Waals surface area contributed by atoms with Crippen LogP contribution in [-0.4, -0.2) is 62.4 Å². The second-order valence-electron chi connectivity index (χ2n) is 5.89. The van der Waals surface area contributed by atoms with Gasteiger partial charge in [0.05, 0.1) is 11.5 Å². The molecule has 0 radical (unpaired) electrons. The monoisotopic (exact) mass is 374 g/mol. The Morgan fingerprint density at radius 1 is 1.25 bits per heavy atom. The number of carbonyl (C=O) groups is 1. The van der Waals surface area contributed by atoms with Crippen LogP contribution in [0.15, 0.2) is 11.0 Å². The molecule has 2 rings (SSSR count). The van der Waals surface area contributed by atoms with Gasteiger partial charge in [-0.2, -0.15) is 4.31 Å². The lowest BCUT2D eigenvalue weighted by Gasteiger charge is -2.37. The molecular formula is C16H26N2O4S2. The molecule has 0 N–H and O–H groups in total. The van der Waals surface area contributed by atoms with Crippen LogP contribution in [-0.2, 0) is 19.6 Å². The Hall–Kier alpha value is -0.960. The van der Waals surface area contributed by atoms with Gasteiger partial charge in [-0.1, -0.05) is 6.92 Å². The molecule has 1 atom stereocenters. The highest BCUT2D eigenvalue weighted by Crippen LogP contribution is 2.28. The van der Waals surface area contributed by atoms with Crippen molar-refractivity contribution in [1.82, 2.24) is 9.21 Å². The zero-order chi connectivity index (χ0) is 17.9. The topological polar surface area (TPSA) is 66.9 Å². The highest BCUT2D eigenvalue weighted by Gasteiger charge is 2.34. The van der Waals surface area contributed by atoms with Crippen LogP contribution in [0.2, 0.25) is 0 Å². The number of esters is 1. The zero-order valence-corrected chi connectivity index (χ0v) is 16.4. The first kappa shape index (κ1) is 19.4. The molecule has 6 nitrogen and oxygen atoms in total. The maximum atomic E-state index is 12.8. The van der Waals surface area contributed by atoms with Crippen molar-refractivity contribution >= 4 is 27.3 Å². The molecule has 0 amide bonds. The Balaban J connectivity index is 2.06. The predicted octanol–water partition coefficient (Wildman–Crippen LogP) is 2.01. The molecule has 0 saturated carbocycles. The van der Waals surface area contributed by atoms with Gasteiger partial charge in [0.15, 0.2) is 0 Å². The smallest absolute Gasteiger partial charge is 0.323 e. The molecule has 1 unspecified atom stereocenters. The van der Waals surface area contributed by atoms with E-state index in [1.54, 1.807) is 13.0 Å². The molecule has 24 heavy (non-hydrogen) atoms. The molecule has 136 valence electrons. The number of carbonyl (C=O) groups excluding carboxylic acids is 1. The molecule has 1 saturated heterocycles. The van der Waals surface area contributed by atoms with Gasteiger partial charge in [-0.3, -0.25) is 9.69 Å². The first-order chi connectivity index (χ1) is 11.3. The van der Waals surface area contributed by atoms with Gasteiger partial charge in [0.25, 0.3) is 0 Å². The van der Waals surface area contributed by atoms with Crippen LogP contribution in [0.1, 0.15) is 30.0 Å². The fourth-order valence-corrected chi connectivity index (χ4v) is 6.02. The van der Waals surface area contributed by atoms with Crippen molar-refractivity contribution in [3.05, 3.63) is 15.8 Å².